The number of likely N-dealkylation sites (N-methyl/N-ethyl adjacent to an activating group) is 1. The molecule has 2 aliphatic rings. The maximum absolute atomic E-state index is 13.2. The number of rotatable bonds is 12. The maximum Gasteiger partial charge on any atom is 0.180 e. The van der Waals surface area contributed by atoms with Crippen molar-refractivity contribution in [3.05, 3.63) is 29.3 Å². The summed E-state index contributed by atoms with van der Waals surface area (Å²) in [5, 5.41) is 13.8. The highest BCUT2D eigenvalue weighted by Crippen LogP contribution is 2.37. The van der Waals surface area contributed by atoms with Gasteiger partial charge in [0.2, 0.25) is 0 Å². The highest BCUT2D eigenvalue weighted by molar-refractivity contribution is 6.03. The van der Waals surface area contributed by atoms with Crippen LogP contribution in [0.5, 0.6) is 0 Å². The van der Waals surface area contributed by atoms with Crippen LogP contribution in [0.2, 0.25) is 0 Å². The first-order valence-electron chi connectivity index (χ1n) is 12.9. The lowest BCUT2D eigenvalue weighted by molar-refractivity contribution is -0.0858. The third kappa shape index (κ3) is 8.04. The van der Waals surface area contributed by atoms with Crippen LogP contribution in [0.1, 0.15) is 89.1 Å². The third-order valence-electron chi connectivity index (χ3n) is 6.95. The van der Waals surface area contributed by atoms with Crippen molar-refractivity contribution in [2.45, 2.75) is 96.5 Å². The zero-order valence-electron chi connectivity index (χ0n) is 22.3. The molecule has 0 radical (unpaired) electrons. The molecule has 0 saturated heterocycles. The van der Waals surface area contributed by atoms with Gasteiger partial charge < -0.3 is 19.9 Å². The van der Waals surface area contributed by atoms with E-state index in [1.807, 2.05) is 46.8 Å². The van der Waals surface area contributed by atoms with Gasteiger partial charge in [-0.25, -0.2) is 0 Å². The number of aliphatic hydroxyl groups is 1. The van der Waals surface area contributed by atoms with Gasteiger partial charge in [0.05, 0.1) is 30.0 Å². The normalized spacial score (nSPS) is 22.1. The van der Waals surface area contributed by atoms with Crippen LogP contribution in [0, 0.1) is 5.92 Å². The van der Waals surface area contributed by atoms with Crippen LogP contribution in [0.15, 0.2) is 18.2 Å². The van der Waals surface area contributed by atoms with Gasteiger partial charge in [0.1, 0.15) is 0 Å². The molecular formula is C28H46N2O4. The Hall–Kier alpha value is -1.47. The molecule has 34 heavy (non-hydrogen) atoms. The number of hydrogen-bond donors (Lipinski definition) is 2. The fourth-order valence-electron chi connectivity index (χ4n) is 4.56. The molecule has 1 aromatic carbocycles. The van der Waals surface area contributed by atoms with Gasteiger partial charge in [-0.2, -0.15) is 0 Å². The highest BCUT2D eigenvalue weighted by Gasteiger charge is 2.36. The number of ether oxygens (including phenoxy) is 2. The molecule has 1 saturated carbocycles. The largest absolute Gasteiger partial charge is 0.389 e. The lowest BCUT2D eigenvalue weighted by Crippen LogP contribution is -2.43. The Kier molecular flexibility index (Phi) is 8.83. The van der Waals surface area contributed by atoms with Crippen molar-refractivity contribution >= 4 is 11.5 Å². The average molecular weight is 475 g/mol. The number of aliphatic hydroxyl groups excluding tert-OH is 1. The molecule has 0 bridgehead atoms. The van der Waals surface area contributed by atoms with Gasteiger partial charge in [-0.3, -0.25) is 9.69 Å². The fraction of sp³-hybridized carbons (Fsp3) is 0.750. The Labute approximate surface area is 206 Å². The topological polar surface area (TPSA) is 71.0 Å². The minimum absolute atomic E-state index is 0.0157. The van der Waals surface area contributed by atoms with E-state index in [2.05, 4.69) is 30.3 Å². The quantitative estimate of drug-likeness (QED) is 0.451. The first kappa shape index (κ1) is 27.1. The van der Waals surface area contributed by atoms with Gasteiger partial charge in [0, 0.05) is 30.9 Å². The molecule has 1 fully saturated rings. The van der Waals surface area contributed by atoms with Crippen LogP contribution in [-0.2, 0) is 9.47 Å². The summed E-state index contributed by atoms with van der Waals surface area (Å²) >= 11 is 0. The zero-order chi connectivity index (χ0) is 25.1. The van der Waals surface area contributed by atoms with Gasteiger partial charge in [-0.15, -0.1) is 0 Å². The SMILES string of the molecule is CC1CC(N(C)CC2CC2)C(=O)c2ccc(NCC(O)COC(C)(C)CCOC(C)(C)C)cc21. The monoisotopic (exact) mass is 474 g/mol. The van der Waals surface area contributed by atoms with Crippen LogP contribution < -0.4 is 5.32 Å². The summed E-state index contributed by atoms with van der Waals surface area (Å²) in [5.41, 5.74) is 2.36. The number of Topliss-reactive ketones (excluding diaryl/α,β-unsaturated/α-hetero) is 1. The van der Waals surface area contributed by atoms with Gasteiger partial charge in [0.15, 0.2) is 5.78 Å². The molecule has 3 rings (SSSR count). The standard InChI is InChI=1S/C28H46N2O4/c1-19-14-25(30(7)17-20-8-9-20)26(32)23-11-10-21(15-24(19)23)29-16-22(31)18-34-28(5,6)12-13-33-27(2,3)4/h10-11,15,19-20,22,25,29,31H,8-9,12-14,16-18H2,1-7H3. The lowest BCUT2D eigenvalue weighted by atomic mass is 9.79. The van der Waals surface area contributed by atoms with Crippen molar-refractivity contribution in [2.24, 2.45) is 5.92 Å². The molecule has 3 atom stereocenters. The molecule has 0 aromatic heterocycles. The minimum Gasteiger partial charge on any atom is -0.389 e. The van der Waals surface area contributed by atoms with Crippen LogP contribution >= 0.6 is 0 Å². The van der Waals surface area contributed by atoms with E-state index in [0.717, 1.165) is 42.1 Å². The summed E-state index contributed by atoms with van der Waals surface area (Å²) in [4.78, 5) is 15.4. The first-order chi connectivity index (χ1) is 15.8. The van der Waals surface area contributed by atoms with E-state index < -0.39 is 6.10 Å². The molecule has 192 valence electrons. The zero-order valence-corrected chi connectivity index (χ0v) is 22.3. The summed E-state index contributed by atoms with van der Waals surface area (Å²) in [6.45, 7) is 14.7. The van der Waals surface area contributed by atoms with Crippen molar-refractivity contribution < 1.29 is 19.4 Å². The molecule has 3 unspecified atom stereocenters. The number of fused-ring (bicyclic) bond motifs is 1. The van der Waals surface area contributed by atoms with Crippen LogP contribution in [0.25, 0.3) is 0 Å². The van der Waals surface area contributed by atoms with E-state index in [9.17, 15) is 9.90 Å². The lowest BCUT2D eigenvalue weighted by Gasteiger charge is -2.34. The van der Waals surface area contributed by atoms with Crippen molar-refractivity contribution in [3.63, 3.8) is 0 Å². The summed E-state index contributed by atoms with van der Waals surface area (Å²) < 4.78 is 11.8. The number of ketones is 1. The molecule has 1 aromatic rings. The Bertz CT molecular complexity index is 828. The summed E-state index contributed by atoms with van der Waals surface area (Å²) in [6.07, 6.45) is 3.60. The number of anilines is 1. The van der Waals surface area contributed by atoms with E-state index in [0.29, 0.717) is 19.1 Å². The minimum atomic E-state index is -0.627. The van der Waals surface area contributed by atoms with Crippen molar-refractivity contribution in [2.75, 3.05) is 38.7 Å². The molecule has 0 aliphatic heterocycles. The van der Waals surface area contributed by atoms with Crippen LogP contribution in [0.3, 0.4) is 0 Å². The molecule has 0 spiro atoms. The molecule has 2 aliphatic carbocycles. The maximum atomic E-state index is 13.2. The van der Waals surface area contributed by atoms with Crippen molar-refractivity contribution in [1.82, 2.24) is 4.90 Å². The van der Waals surface area contributed by atoms with E-state index in [1.54, 1.807) is 0 Å². The molecule has 6 heteroatoms. The highest BCUT2D eigenvalue weighted by atomic mass is 16.5. The second-order valence-corrected chi connectivity index (χ2v) is 12.0. The Morgan fingerprint density at radius 2 is 1.88 bits per heavy atom. The summed E-state index contributed by atoms with van der Waals surface area (Å²) in [7, 11) is 2.09. The number of carbonyl (C=O) groups excluding carboxylic acids is 1. The number of hydrogen-bond acceptors (Lipinski definition) is 6. The molecule has 0 amide bonds. The number of nitrogens with one attached hydrogen (secondary N) is 1. The molecule has 2 N–H and O–H groups in total. The van der Waals surface area contributed by atoms with Crippen LogP contribution in [0.4, 0.5) is 5.69 Å². The van der Waals surface area contributed by atoms with Crippen molar-refractivity contribution in [1.29, 1.82) is 0 Å². The summed E-state index contributed by atoms with van der Waals surface area (Å²) in [5.74, 6) is 1.35. The van der Waals surface area contributed by atoms with Gasteiger partial charge in [-0.1, -0.05) is 6.92 Å². The van der Waals surface area contributed by atoms with Gasteiger partial charge in [-0.05, 0) is 103 Å². The second kappa shape index (κ2) is 11.1. The smallest absolute Gasteiger partial charge is 0.180 e. The average Bonchev–Trinajstić information content (AvgIpc) is 3.56. The van der Waals surface area contributed by atoms with Gasteiger partial charge >= 0.3 is 0 Å². The Morgan fingerprint density at radius 3 is 2.53 bits per heavy atom. The number of nitrogens with zero attached hydrogens (tertiary/aromatic N) is 1. The van der Waals surface area contributed by atoms with E-state index in [4.69, 9.17) is 9.47 Å². The van der Waals surface area contributed by atoms with Crippen LogP contribution in [-0.4, -0.2) is 72.5 Å². The predicted octanol–water partition coefficient (Wildman–Crippen LogP) is 4.86. The number of carbonyl (C=O) groups is 1. The second-order valence-electron chi connectivity index (χ2n) is 12.0. The molecule has 0 heterocycles. The van der Waals surface area contributed by atoms with E-state index in [-0.39, 0.29) is 29.6 Å². The third-order valence-corrected chi connectivity index (χ3v) is 6.95. The van der Waals surface area contributed by atoms with Crippen molar-refractivity contribution in [3.8, 4) is 0 Å². The fourth-order valence-corrected chi connectivity index (χ4v) is 4.56. The van der Waals surface area contributed by atoms with E-state index >= 15 is 0 Å². The predicted molar refractivity (Wildman–Crippen MR) is 138 cm³/mol. The molecular weight excluding hydrogens is 428 g/mol. The van der Waals surface area contributed by atoms with E-state index in [1.165, 1.54) is 12.8 Å². The number of benzene rings is 1. The molecule has 6 nitrogen and oxygen atoms in total. The van der Waals surface area contributed by atoms with Gasteiger partial charge in [0.25, 0.3) is 0 Å². The summed E-state index contributed by atoms with van der Waals surface area (Å²) in [6, 6.07) is 5.97. The first-order valence-corrected chi connectivity index (χ1v) is 12.9. The Balaban J connectivity index is 1.48. The Morgan fingerprint density at radius 1 is 1.18 bits per heavy atom.